The Hall–Kier alpha value is -2.13. The maximum absolute atomic E-state index is 12.6. The van der Waals surface area contributed by atoms with Gasteiger partial charge in [-0.1, -0.05) is 13.8 Å². The van der Waals surface area contributed by atoms with Crippen LogP contribution in [0.15, 0.2) is 23.1 Å². The number of ether oxygens (including phenoxy) is 2. The highest BCUT2D eigenvalue weighted by atomic mass is 32.2. The van der Waals surface area contributed by atoms with E-state index >= 15 is 0 Å². The van der Waals surface area contributed by atoms with Gasteiger partial charge in [0.15, 0.2) is 0 Å². The number of hydrogen-bond acceptors (Lipinski definition) is 6. The van der Waals surface area contributed by atoms with Crippen molar-refractivity contribution in [2.45, 2.75) is 38.1 Å². The van der Waals surface area contributed by atoms with Crippen LogP contribution in [0.3, 0.4) is 0 Å². The van der Waals surface area contributed by atoms with Crippen LogP contribution < -0.4 is 14.8 Å². The summed E-state index contributed by atoms with van der Waals surface area (Å²) in [6.07, 6.45) is 0.299. The second-order valence-electron chi connectivity index (χ2n) is 5.87. The molecule has 0 heterocycles. The molecule has 1 aromatic rings. The average molecular weight is 372 g/mol. The van der Waals surface area contributed by atoms with Gasteiger partial charge >= 0.3 is 5.97 Å². The van der Waals surface area contributed by atoms with Crippen LogP contribution in [-0.2, 0) is 24.3 Å². The van der Waals surface area contributed by atoms with Gasteiger partial charge in [0.1, 0.15) is 11.8 Å². The molecular weight excluding hydrogens is 348 g/mol. The Morgan fingerprint density at radius 1 is 1.20 bits per heavy atom. The number of benzene rings is 1. The molecule has 1 rings (SSSR count). The van der Waals surface area contributed by atoms with E-state index in [9.17, 15) is 18.0 Å². The van der Waals surface area contributed by atoms with Crippen molar-refractivity contribution in [1.29, 1.82) is 0 Å². The average Bonchev–Trinajstić information content (AvgIpc) is 2.52. The number of esters is 1. The second kappa shape index (κ2) is 8.82. The van der Waals surface area contributed by atoms with Crippen molar-refractivity contribution < 1.29 is 27.5 Å². The number of carbonyl (C=O) groups is 2. The van der Waals surface area contributed by atoms with E-state index in [1.165, 1.54) is 39.3 Å². The second-order valence-corrected chi connectivity index (χ2v) is 7.58. The van der Waals surface area contributed by atoms with Crippen molar-refractivity contribution in [1.82, 2.24) is 4.72 Å². The minimum absolute atomic E-state index is 0.0866. The lowest BCUT2D eigenvalue weighted by Gasteiger charge is -2.19. The van der Waals surface area contributed by atoms with Gasteiger partial charge in [0.25, 0.3) is 0 Å². The summed E-state index contributed by atoms with van der Waals surface area (Å²) >= 11 is 0. The van der Waals surface area contributed by atoms with E-state index in [0.717, 1.165) is 0 Å². The SMILES string of the molecule is COC(=O)[C@@H](CC(C)C)NS(=O)(=O)c1ccc(NC(C)=O)c(OC)c1. The van der Waals surface area contributed by atoms with Gasteiger partial charge in [-0.2, -0.15) is 4.72 Å². The van der Waals surface area contributed by atoms with Crippen molar-refractivity contribution in [2.75, 3.05) is 19.5 Å². The normalized spacial score (nSPS) is 12.6. The molecule has 25 heavy (non-hydrogen) atoms. The molecule has 0 unspecified atom stereocenters. The van der Waals surface area contributed by atoms with Gasteiger partial charge in [0.05, 0.1) is 24.8 Å². The molecular formula is C16H24N2O6S. The molecule has 1 atom stereocenters. The standard InChI is InChI=1S/C16H24N2O6S/c1-10(2)8-14(16(20)24-5)18-25(21,22)12-6-7-13(17-11(3)19)15(9-12)23-4/h6-7,9-10,14,18H,8H2,1-5H3,(H,17,19)/t14-/m1/s1. The minimum Gasteiger partial charge on any atom is -0.495 e. The largest absolute Gasteiger partial charge is 0.495 e. The van der Waals surface area contributed by atoms with Gasteiger partial charge in [-0.05, 0) is 24.5 Å². The molecule has 0 saturated heterocycles. The molecule has 0 aliphatic carbocycles. The molecule has 8 nitrogen and oxygen atoms in total. The lowest BCUT2D eigenvalue weighted by molar-refractivity contribution is -0.143. The fourth-order valence-corrected chi connectivity index (χ4v) is 3.41. The summed E-state index contributed by atoms with van der Waals surface area (Å²) < 4.78 is 37.3. The Bertz CT molecular complexity index is 730. The van der Waals surface area contributed by atoms with E-state index in [2.05, 4.69) is 14.8 Å². The molecule has 0 aliphatic rings. The third-order valence-electron chi connectivity index (χ3n) is 3.28. The molecule has 0 bridgehead atoms. The van der Waals surface area contributed by atoms with E-state index < -0.39 is 22.0 Å². The molecule has 0 aliphatic heterocycles. The van der Waals surface area contributed by atoms with Crippen LogP contribution in [0.25, 0.3) is 0 Å². The predicted molar refractivity (Wildman–Crippen MR) is 92.9 cm³/mol. The molecule has 140 valence electrons. The zero-order chi connectivity index (χ0) is 19.2. The zero-order valence-electron chi connectivity index (χ0n) is 15.0. The lowest BCUT2D eigenvalue weighted by Crippen LogP contribution is -2.42. The molecule has 0 radical (unpaired) electrons. The fourth-order valence-electron chi connectivity index (χ4n) is 2.19. The first-order valence-corrected chi connectivity index (χ1v) is 9.14. The quantitative estimate of drug-likeness (QED) is 0.669. The third kappa shape index (κ3) is 6.02. The summed E-state index contributed by atoms with van der Waals surface area (Å²) in [4.78, 5) is 22.9. The van der Waals surface area contributed by atoms with Gasteiger partial charge < -0.3 is 14.8 Å². The topological polar surface area (TPSA) is 111 Å². The summed E-state index contributed by atoms with van der Waals surface area (Å²) in [5.41, 5.74) is 0.348. The van der Waals surface area contributed by atoms with Crippen LogP contribution >= 0.6 is 0 Å². The minimum atomic E-state index is -3.98. The number of rotatable bonds is 8. The highest BCUT2D eigenvalue weighted by Crippen LogP contribution is 2.27. The van der Waals surface area contributed by atoms with Gasteiger partial charge in [-0.15, -0.1) is 0 Å². The van der Waals surface area contributed by atoms with Crippen LogP contribution in [0.2, 0.25) is 0 Å². The summed E-state index contributed by atoms with van der Waals surface area (Å²) in [6.45, 7) is 5.07. The Balaban J connectivity index is 3.15. The Kier molecular flexibility index (Phi) is 7.38. The monoisotopic (exact) mass is 372 g/mol. The smallest absolute Gasteiger partial charge is 0.323 e. The lowest BCUT2D eigenvalue weighted by atomic mass is 10.1. The van der Waals surface area contributed by atoms with Crippen LogP contribution in [0.1, 0.15) is 27.2 Å². The molecule has 0 aromatic heterocycles. The van der Waals surface area contributed by atoms with Gasteiger partial charge in [0.2, 0.25) is 15.9 Å². The molecule has 0 fully saturated rings. The third-order valence-corrected chi connectivity index (χ3v) is 4.75. The van der Waals surface area contributed by atoms with Crippen molar-refractivity contribution >= 4 is 27.6 Å². The van der Waals surface area contributed by atoms with Crippen LogP contribution in [0.5, 0.6) is 5.75 Å². The van der Waals surface area contributed by atoms with E-state index in [-0.39, 0.29) is 22.5 Å². The van der Waals surface area contributed by atoms with Crippen molar-refractivity contribution in [2.24, 2.45) is 5.92 Å². The fraction of sp³-hybridized carbons (Fsp3) is 0.500. The number of sulfonamides is 1. The number of methoxy groups -OCH3 is 2. The maximum atomic E-state index is 12.6. The Labute approximate surface area is 147 Å². The zero-order valence-corrected chi connectivity index (χ0v) is 15.8. The molecule has 9 heteroatoms. The Morgan fingerprint density at radius 2 is 1.84 bits per heavy atom. The molecule has 1 aromatic carbocycles. The molecule has 0 saturated carbocycles. The Morgan fingerprint density at radius 3 is 2.32 bits per heavy atom. The number of carbonyl (C=O) groups excluding carboxylic acids is 2. The maximum Gasteiger partial charge on any atom is 0.323 e. The summed E-state index contributed by atoms with van der Waals surface area (Å²) in [6, 6.07) is 3.03. The van der Waals surface area contributed by atoms with E-state index in [0.29, 0.717) is 12.1 Å². The summed E-state index contributed by atoms with van der Waals surface area (Å²) in [5.74, 6) is -0.686. The highest BCUT2D eigenvalue weighted by Gasteiger charge is 2.27. The first kappa shape index (κ1) is 20.9. The summed E-state index contributed by atoms with van der Waals surface area (Å²) in [7, 11) is -1.42. The van der Waals surface area contributed by atoms with Gasteiger partial charge in [-0.3, -0.25) is 9.59 Å². The first-order chi connectivity index (χ1) is 11.6. The predicted octanol–water partition coefficient (Wildman–Crippen LogP) is 1.52. The number of amides is 1. The highest BCUT2D eigenvalue weighted by molar-refractivity contribution is 7.89. The molecule has 2 N–H and O–H groups in total. The molecule has 0 spiro atoms. The number of anilines is 1. The van der Waals surface area contributed by atoms with E-state index in [1.54, 1.807) is 0 Å². The van der Waals surface area contributed by atoms with Gasteiger partial charge in [-0.25, -0.2) is 8.42 Å². The van der Waals surface area contributed by atoms with Crippen LogP contribution in [0.4, 0.5) is 5.69 Å². The van der Waals surface area contributed by atoms with Crippen molar-refractivity contribution in [3.8, 4) is 5.75 Å². The van der Waals surface area contributed by atoms with Crippen LogP contribution in [0, 0.1) is 5.92 Å². The van der Waals surface area contributed by atoms with E-state index in [1.807, 2.05) is 13.8 Å². The first-order valence-electron chi connectivity index (χ1n) is 7.66. The van der Waals surface area contributed by atoms with Crippen molar-refractivity contribution in [3.05, 3.63) is 18.2 Å². The van der Waals surface area contributed by atoms with Crippen LogP contribution in [-0.4, -0.2) is 40.6 Å². The van der Waals surface area contributed by atoms with Crippen molar-refractivity contribution in [3.63, 3.8) is 0 Å². The number of nitrogens with one attached hydrogen (secondary N) is 2. The number of hydrogen-bond donors (Lipinski definition) is 2. The molecule has 1 amide bonds. The van der Waals surface area contributed by atoms with Gasteiger partial charge in [0, 0.05) is 13.0 Å². The summed E-state index contributed by atoms with van der Waals surface area (Å²) in [5, 5.41) is 2.54. The van der Waals surface area contributed by atoms with E-state index in [4.69, 9.17) is 4.74 Å².